The van der Waals surface area contributed by atoms with Crippen molar-refractivity contribution in [3.63, 3.8) is 0 Å². The number of allylic oxidation sites excluding steroid dienone is 1. The van der Waals surface area contributed by atoms with E-state index in [-0.39, 0.29) is 18.9 Å². The third-order valence-electron chi connectivity index (χ3n) is 4.80. The van der Waals surface area contributed by atoms with Crippen LogP contribution in [-0.2, 0) is 21.2 Å². The average molecular weight is 379 g/mol. The first-order chi connectivity index (χ1) is 12.4. The molecule has 0 atom stereocenters. The number of sulfonamides is 1. The Hall–Kier alpha value is -1.66. The lowest BCUT2D eigenvalue weighted by Gasteiger charge is -2.21. The van der Waals surface area contributed by atoms with Crippen LogP contribution in [-0.4, -0.2) is 38.0 Å². The quantitative estimate of drug-likeness (QED) is 0.666. The van der Waals surface area contributed by atoms with Crippen LogP contribution in [0.2, 0.25) is 0 Å². The molecule has 0 aromatic heterocycles. The third kappa shape index (κ3) is 6.57. The van der Waals surface area contributed by atoms with Gasteiger partial charge in [-0.15, -0.1) is 0 Å². The van der Waals surface area contributed by atoms with Crippen LogP contribution in [0.5, 0.6) is 0 Å². The second-order valence-electron chi connectivity index (χ2n) is 6.83. The van der Waals surface area contributed by atoms with Crippen LogP contribution in [0.4, 0.5) is 5.69 Å². The molecule has 1 aromatic carbocycles. The fourth-order valence-corrected chi connectivity index (χ4v) is 4.08. The summed E-state index contributed by atoms with van der Waals surface area (Å²) in [5.74, 6) is -0.156. The van der Waals surface area contributed by atoms with E-state index < -0.39 is 10.0 Å². The SMILES string of the molecule is CCc1ccccc1NC(=O)CCN(CCC1=CCCCC1)S(C)(=O)=O. The van der Waals surface area contributed by atoms with Gasteiger partial charge in [0, 0.05) is 25.2 Å². The molecule has 0 radical (unpaired) electrons. The van der Waals surface area contributed by atoms with E-state index in [0.717, 1.165) is 36.9 Å². The van der Waals surface area contributed by atoms with E-state index in [1.165, 1.54) is 29.0 Å². The highest BCUT2D eigenvalue weighted by atomic mass is 32.2. The molecule has 0 saturated carbocycles. The molecule has 0 bridgehead atoms. The summed E-state index contributed by atoms with van der Waals surface area (Å²) in [5.41, 5.74) is 3.22. The number of nitrogens with zero attached hydrogens (tertiary/aromatic N) is 1. The van der Waals surface area contributed by atoms with Gasteiger partial charge in [0.05, 0.1) is 6.26 Å². The van der Waals surface area contributed by atoms with E-state index in [2.05, 4.69) is 11.4 Å². The maximum atomic E-state index is 12.3. The Bertz CT molecular complexity index is 741. The van der Waals surface area contributed by atoms with Crippen LogP contribution in [0.1, 0.15) is 51.0 Å². The maximum Gasteiger partial charge on any atom is 0.225 e. The predicted molar refractivity (Wildman–Crippen MR) is 107 cm³/mol. The van der Waals surface area contributed by atoms with E-state index in [0.29, 0.717) is 6.54 Å². The van der Waals surface area contributed by atoms with Crippen molar-refractivity contribution in [3.8, 4) is 0 Å². The summed E-state index contributed by atoms with van der Waals surface area (Å²) in [4.78, 5) is 12.3. The molecule has 0 aliphatic heterocycles. The van der Waals surface area contributed by atoms with Gasteiger partial charge in [-0.1, -0.05) is 36.8 Å². The Morgan fingerprint density at radius 1 is 1.19 bits per heavy atom. The van der Waals surface area contributed by atoms with Crippen molar-refractivity contribution in [1.82, 2.24) is 4.31 Å². The number of aryl methyl sites for hydroxylation is 1. The van der Waals surface area contributed by atoms with Crippen molar-refractivity contribution in [1.29, 1.82) is 0 Å². The van der Waals surface area contributed by atoms with Gasteiger partial charge in [0.25, 0.3) is 0 Å². The molecule has 0 spiro atoms. The van der Waals surface area contributed by atoms with Crippen LogP contribution in [0, 0.1) is 0 Å². The molecule has 1 aliphatic rings. The summed E-state index contributed by atoms with van der Waals surface area (Å²) in [6.07, 6.45) is 9.76. The number of benzene rings is 1. The van der Waals surface area contributed by atoms with E-state index in [9.17, 15) is 13.2 Å². The summed E-state index contributed by atoms with van der Waals surface area (Å²) < 4.78 is 25.5. The molecular weight excluding hydrogens is 348 g/mol. The molecule has 1 aliphatic carbocycles. The van der Waals surface area contributed by atoms with Gasteiger partial charge in [-0.3, -0.25) is 4.79 Å². The molecule has 1 amide bonds. The first-order valence-electron chi connectivity index (χ1n) is 9.41. The molecular formula is C20H30N2O3S. The Balaban J connectivity index is 1.89. The Morgan fingerprint density at radius 2 is 1.96 bits per heavy atom. The van der Waals surface area contributed by atoms with Crippen molar-refractivity contribution >= 4 is 21.6 Å². The summed E-state index contributed by atoms with van der Waals surface area (Å²) in [6.45, 7) is 2.70. The zero-order chi connectivity index (χ0) is 19.0. The van der Waals surface area contributed by atoms with Gasteiger partial charge >= 0.3 is 0 Å². The topological polar surface area (TPSA) is 66.5 Å². The average Bonchev–Trinajstić information content (AvgIpc) is 2.62. The number of anilines is 1. The van der Waals surface area contributed by atoms with E-state index in [1.807, 2.05) is 31.2 Å². The first kappa shape index (κ1) is 20.6. The van der Waals surface area contributed by atoms with Crippen molar-refractivity contribution in [2.75, 3.05) is 24.7 Å². The molecule has 0 fully saturated rings. The number of para-hydroxylation sites is 1. The molecule has 6 heteroatoms. The molecule has 0 saturated heterocycles. The fraction of sp³-hybridized carbons (Fsp3) is 0.550. The van der Waals surface area contributed by atoms with Gasteiger partial charge in [0.15, 0.2) is 0 Å². The monoisotopic (exact) mass is 378 g/mol. The minimum atomic E-state index is -3.32. The van der Waals surface area contributed by atoms with Crippen LogP contribution >= 0.6 is 0 Å². The first-order valence-corrected chi connectivity index (χ1v) is 11.3. The Kier molecular flexibility index (Phi) is 7.85. The summed E-state index contributed by atoms with van der Waals surface area (Å²) >= 11 is 0. The van der Waals surface area contributed by atoms with Crippen molar-refractivity contribution in [3.05, 3.63) is 41.5 Å². The van der Waals surface area contributed by atoms with Gasteiger partial charge < -0.3 is 5.32 Å². The molecule has 0 heterocycles. The summed E-state index contributed by atoms with van der Waals surface area (Å²) in [7, 11) is -3.32. The highest BCUT2D eigenvalue weighted by Crippen LogP contribution is 2.21. The minimum absolute atomic E-state index is 0.156. The summed E-state index contributed by atoms with van der Waals surface area (Å²) in [6, 6.07) is 7.69. The van der Waals surface area contributed by atoms with Crippen molar-refractivity contribution < 1.29 is 13.2 Å². The molecule has 26 heavy (non-hydrogen) atoms. The normalized spacial score (nSPS) is 15.0. The number of nitrogens with one attached hydrogen (secondary N) is 1. The maximum absolute atomic E-state index is 12.3. The number of amides is 1. The highest BCUT2D eigenvalue weighted by molar-refractivity contribution is 7.88. The zero-order valence-electron chi connectivity index (χ0n) is 15.8. The number of rotatable bonds is 9. The molecule has 1 N–H and O–H groups in total. The largest absolute Gasteiger partial charge is 0.326 e. The Labute approximate surface area is 157 Å². The van der Waals surface area contributed by atoms with E-state index in [4.69, 9.17) is 0 Å². The van der Waals surface area contributed by atoms with Gasteiger partial charge in [-0.25, -0.2) is 12.7 Å². The lowest BCUT2D eigenvalue weighted by atomic mass is 9.97. The van der Waals surface area contributed by atoms with Gasteiger partial charge in [-0.2, -0.15) is 0 Å². The lowest BCUT2D eigenvalue weighted by Crippen LogP contribution is -2.34. The highest BCUT2D eigenvalue weighted by Gasteiger charge is 2.19. The number of carbonyl (C=O) groups is 1. The second kappa shape index (κ2) is 9.88. The fourth-order valence-electron chi connectivity index (χ4n) is 3.23. The number of hydrogen-bond acceptors (Lipinski definition) is 3. The second-order valence-corrected chi connectivity index (χ2v) is 8.81. The van der Waals surface area contributed by atoms with Crippen molar-refractivity contribution in [2.24, 2.45) is 0 Å². The molecule has 2 rings (SSSR count). The standard InChI is InChI=1S/C20H30N2O3S/c1-3-18-11-7-8-12-19(18)21-20(23)14-16-22(26(2,24)25)15-13-17-9-5-4-6-10-17/h7-9,11-12H,3-6,10,13-16H2,1-2H3,(H,21,23). The zero-order valence-corrected chi connectivity index (χ0v) is 16.6. The van der Waals surface area contributed by atoms with Crippen LogP contribution in [0.3, 0.4) is 0 Å². The van der Waals surface area contributed by atoms with Crippen molar-refractivity contribution in [2.45, 2.75) is 51.9 Å². The third-order valence-corrected chi connectivity index (χ3v) is 6.10. The van der Waals surface area contributed by atoms with Gasteiger partial charge in [0.1, 0.15) is 0 Å². The lowest BCUT2D eigenvalue weighted by molar-refractivity contribution is -0.116. The molecule has 144 valence electrons. The molecule has 5 nitrogen and oxygen atoms in total. The number of hydrogen-bond donors (Lipinski definition) is 1. The number of carbonyl (C=O) groups excluding carboxylic acids is 1. The smallest absolute Gasteiger partial charge is 0.225 e. The van der Waals surface area contributed by atoms with Gasteiger partial charge in [-0.05, 0) is 50.2 Å². The van der Waals surface area contributed by atoms with Crippen LogP contribution in [0.15, 0.2) is 35.9 Å². The Morgan fingerprint density at radius 3 is 2.62 bits per heavy atom. The van der Waals surface area contributed by atoms with Crippen LogP contribution in [0.25, 0.3) is 0 Å². The van der Waals surface area contributed by atoms with Gasteiger partial charge in [0.2, 0.25) is 15.9 Å². The summed E-state index contributed by atoms with van der Waals surface area (Å²) in [5, 5.41) is 2.90. The van der Waals surface area contributed by atoms with E-state index in [1.54, 1.807) is 0 Å². The molecule has 0 unspecified atom stereocenters. The van der Waals surface area contributed by atoms with Crippen LogP contribution < -0.4 is 5.32 Å². The molecule has 1 aromatic rings. The van der Waals surface area contributed by atoms with E-state index >= 15 is 0 Å². The minimum Gasteiger partial charge on any atom is -0.326 e. The predicted octanol–water partition coefficient (Wildman–Crippen LogP) is 3.73.